The van der Waals surface area contributed by atoms with Gasteiger partial charge in [0.15, 0.2) is 5.96 Å². The zero-order valence-electron chi connectivity index (χ0n) is 16.4. The van der Waals surface area contributed by atoms with Crippen LogP contribution < -0.4 is 11.5 Å². The Morgan fingerprint density at radius 2 is 1.88 bits per heavy atom. The Hall–Kier alpha value is -2.07. The van der Waals surface area contributed by atoms with Gasteiger partial charge in [-0.25, -0.2) is 4.99 Å². The number of hydrogen-bond donors (Lipinski definition) is 2. The maximum Gasteiger partial charge on any atom is 0.231 e. The standard InChI is InChI=1S/C11H18N4O2.C3H8O.C2H6.C2H2/c1-11(2)4-8(16)15(10(13)14-11)5-6-3-7(6)9(12)17;1-3-4-2;2*1-2/h6-7H,3-5H2,1-2H3,(H2,12,17)(H2,13,14);3H2,1-2H3;1-2H3;1-2H. The van der Waals surface area contributed by atoms with Gasteiger partial charge in [0, 0.05) is 26.2 Å². The van der Waals surface area contributed by atoms with Crippen molar-refractivity contribution in [3.05, 3.63) is 0 Å². The summed E-state index contributed by atoms with van der Waals surface area (Å²) in [6, 6.07) is 0. The molecule has 0 radical (unpaired) electrons. The van der Waals surface area contributed by atoms with Gasteiger partial charge in [0.05, 0.1) is 12.0 Å². The van der Waals surface area contributed by atoms with Crippen LogP contribution in [-0.4, -0.2) is 48.5 Å². The molecule has 1 heterocycles. The van der Waals surface area contributed by atoms with E-state index in [1.807, 2.05) is 34.6 Å². The summed E-state index contributed by atoms with van der Waals surface area (Å²) in [7, 11) is 1.68. The van der Waals surface area contributed by atoms with Gasteiger partial charge < -0.3 is 16.2 Å². The van der Waals surface area contributed by atoms with Crippen LogP contribution in [0, 0.1) is 24.7 Å². The van der Waals surface area contributed by atoms with Crippen molar-refractivity contribution in [3.63, 3.8) is 0 Å². The molecule has 0 aromatic carbocycles. The monoisotopic (exact) mass is 354 g/mol. The van der Waals surface area contributed by atoms with Gasteiger partial charge in [0.2, 0.25) is 11.8 Å². The lowest BCUT2D eigenvalue weighted by Crippen LogP contribution is -2.50. The average molecular weight is 354 g/mol. The van der Waals surface area contributed by atoms with Crippen LogP contribution in [0.4, 0.5) is 0 Å². The summed E-state index contributed by atoms with van der Waals surface area (Å²) in [5.41, 5.74) is 10.6. The van der Waals surface area contributed by atoms with Gasteiger partial charge in [-0.3, -0.25) is 14.5 Å². The van der Waals surface area contributed by atoms with Gasteiger partial charge in [-0.2, -0.15) is 0 Å². The number of hydrogen-bond acceptors (Lipinski definition) is 5. The van der Waals surface area contributed by atoms with Crippen molar-refractivity contribution in [2.75, 3.05) is 20.3 Å². The number of carbonyl (C=O) groups excluding carboxylic acids is 2. The fraction of sp³-hybridized carbons (Fsp3) is 0.722. The molecule has 0 bridgehead atoms. The molecule has 2 amide bonds. The van der Waals surface area contributed by atoms with Crippen LogP contribution in [0.15, 0.2) is 4.99 Å². The largest absolute Gasteiger partial charge is 0.385 e. The van der Waals surface area contributed by atoms with E-state index >= 15 is 0 Å². The molecule has 2 atom stereocenters. The summed E-state index contributed by atoms with van der Waals surface area (Å²) in [4.78, 5) is 28.6. The van der Waals surface area contributed by atoms with Gasteiger partial charge in [0.1, 0.15) is 0 Å². The zero-order chi connectivity index (χ0) is 20.2. The second-order valence-corrected chi connectivity index (χ2v) is 6.05. The smallest absolute Gasteiger partial charge is 0.231 e. The van der Waals surface area contributed by atoms with Crippen molar-refractivity contribution in [2.24, 2.45) is 28.3 Å². The molecule has 0 aromatic heterocycles. The molecule has 2 unspecified atom stereocenters. The van der Waals surface area contributed by atoms with E-state index < -0.39 is 5.54 Å². The zero-order valence-corrected chi connectivity index (χ0v) is 16.4. The first-order valence-electron chi connectivity index (χ1n) is 8.49. The van der Waals surface area contributed by atoms with Crippen molar-refractivity contribution < 1.29 is 14.3 Å². The molecular weight excluding hydrogens is 320 g/mol. The van der Waals surface area contributed by atoms with E-state index in [0.29, 0.717) is 13.0 Å². The van der Waals surface area contributed by atoms with Gasteiger partial charge >= 0.3 is 0 Å². The summed E-state index contributed by atoms with van der Waals surface area (Å²) in [5, 5.41) is 0. The molecule has 1 aliphatic heterocycles. The molecular formula is C18H34N4O3. The van der Waals surface area contributed by atoms with E-state index in [9.17, 15) is 9.59 Å². The number of aliphatic imine (C=N–C) groups is 1. The number of nitrogens with two attached hydrogens (primary N) is 2. The molecule has 2 aliphatic rings. The van der Waals surface area contributed by atoms with Crippen molar-refractivity contribution in [2.45, 2.75) is 53.0 Å². The van der Waals surface area contributed by atoms with Crippen LogP contribution in [0.3, 0.4) is 0 Å². The molecule has 0 saturated heterocycles. The van der Waals surface area contributed by atoms with Crippen LogP contribution in [-0.2, 0) is 14.3 Å². The van der Waals surface area contributed by atoms with Gasteiger partial charge in [0.25, 0.3) is 0 Å². The van der Waals surface area contributed by atoms with Crippen molar-refractivity contribution in [1.82, 2.24) is 4.90 Å². The number of primary amides is 1. The summed E-state index contributed by atoms with van der Waals surface area (Å²) in [6.07, 6.45) is 9.09. The number of carbonyl (C=O) groups is 2. The summed E-state index contributed by atoms with van der Waals surface area (Å²) < 4.78 is 4.54. The Bertz CT molecular complexity index is 470. The van der Waals surface area contributed by atoms with Crippen LogP contribution >= 0.6 is 0 Å². The van der Waals surface area contributed by atoms with Gasteiger partial charge in [-0.1, -0.05) is 13.8 Å². The Morgan fingerprint density at radius 1 is 1.40 bits per heavy atom. The second kappa shape index (κ2) is 12.3. The molecule has 1 fully saturated rings. The van der Waals surface area contributed by atoms with E-state index in [2.05, 4.69) is 22.6 Å². The third-order valence-corrected chi connectivity index (χ3v) is 3.57. The molecule has 144 valence electrons. The molecule has 7 nitrogen and oxygen atoms in total. The lowest BCUT2D eigenvalue weighted by atomic mass is 9.99. The third-order valence-electron chi connectivity index (χ3n) is 3.57. The highest BCUT2D eigenvalue weighted by molar-refractivity contribution is 5.99. The minimum Gasteiger partial charge on any atom is -0.385 e. The first kappa shape index (κ1) is 25.2. The van der Waals surface area contributed by atoms with Crippen molar-refractivity contribution in [1.29, 1.82) is 0 Å². The van der Waals surface area contributed by atoms with Crippen LogP contribution in [0.1, 0.15) is 47.5 Å². The number of ether oxygens (including phenoxy) is 1. The fourth-order valence-electron chi connectivity index (χ4n) is 2.23. The predicted octanol–water partition coefficient (Wildman–Crippen LogP) is 1.36. The van der Waals surface area contributed by atoms with Gasteiger partial charge in [-0.15, -0.1) is 12.8 Å². The number of amides is 2. The molecule has 1 saturated carbocycles. The maximum atomic E-state index is 11.9. The lowest BCUT2D eigenvalue weighted by Gasteiger charge is -2.32. The number of nitrogens with zero attached hydrogens (tertiary/aromatic N) is 2. The molecule has 4 N–H and O–H groups in total. The van der Waals surface area contributed by atoms with Crippen molar-refractivity contribution in [3.8, 4) is 12.8 Å². The maximum absolute atomic E-state index is 11.9. The number of methoxy groups -OCH3 is 1. The lowest BCUT2D eigenvalue weighted by molar-refractivity contribution is -0.129. The molecule has 1 aliphatic carbocycles. The van der Waals surface area contributed by atoms with E-state index in [-0.39, 0.29) is 29.6 Å². The van der Waals surface area contributed by atoms with E-state index in [1.54, 1.807) is 7.11 Å². The van der Waals surface area contributed by atoms with Crippen LogP contribution in [0.5, 0.6) is 0 Å². The molecule has 25 heavy (non-hydrogen) atoms. The predicted molar refractivity (Wildman–Crippen MR) is 102 cm³/mol. The molecule has 0 aromatic rings. The normalized spacial score (nSPS) is 22.6. The highest BCUT2D eigenvalue weighted by Gasteiger charge is 2.45. The van der Waals surface area contributed by atoms with E-state index in [1.165, 1.54) is 4.90 Å². The topological polar surface area (TPSA) is 111 Å². The molecule has 0 spiro atoms. The first-order chi connectivity index (χ1) is 11.7. The highest BCUT2D eigenvalue weighted by Crippen LogP contribution is 2.39. The average Bonchev–Trinajstić information content (AvgIpc) is 3.34. The van der Waals surface area contributed by atoms with Crippen LogP contribution in [0.2, 0.25) is 0 Å². The van der Waals surface area contributed by atoms with Crippen LogP contribution in [0.25, 0.3) is 0 Å². The summed E-state index contributed by atoms with van der Waals surface area (Å²) in [6.45, 7) is 11.0. The fourth-order valence-corrected chi connectivity index (χ4v) is 2.23. The molecule has 7 heteroatoms. The second-order valence-electron chi connectivity index (χ2n) is 6.05. The highest BCUT2D eigenvalue weighted by atomic mass is 16.5. The third kappa shape index (κ3) is 9.11. The number of guanidine groups is 1. The summed E-state index contributed by atoms with van der Waals surface area (Å²) >= 11 is 0. The van der Waals surface area contributed by atoms with Crippen molar-refractivity contribution >= 4 is 17.8 Å². The van der Waals surface area contributed by atoms with E-state index in [4.69, 9.17) is 11.5 Å². The Labute approximate surface area is 152 Å². The Morgan fingerprint density at radius 3 is 2.20 bits per heavy atom. The Kier molecular flexibility index (Phi) is 12.4. The SMILES string of the molecule is C#C.CC.CC1(C)CC(=O)N(CC2CC2C(N)=O)C(N)=N1.CCOC. The van der Waals surface area contributed by atoms with Gasteiger partial charge in [-0.05, 0) is 33.1 Å². The Balaban J connectivity index is 0. The number of rotatable bonds is 4. The summed E-state index contributed by atoms with van der Waals surface area (Å²) in [5.74, 6) is -0.0359. The minimum atomic E-state index is -0.426. The number of terminal acetylenes is 1. The first-order valence-corrected chi connectivity index (χ1v) is 8.49. The van der Waals surface area contributed by atoms with E-state index in [0.717, 1.165) is 13.0 Å². The quantitative estimate of drug-likeness (QED) is 0.742. The minimum absolute atomic E-state index is 0.0300. The molecule has 2 rings (SSSR count).